The quantitative estimate of drug-likeness (QED) is 0.343. The molecule has 0 amide bonds. The number of nitrogens with zero attached hydrogens (tertiary/aromatic N) is 2. The van der Waals surface area contributed by atoms with Crippen LogP contribution in [0.5, 0.6) is 0 Å². The van der Waals surface area contributed by atoms with E-state index in [9.17, 15) is 10.2 Å². The topological polar surface area (TPSA) is 126 Å². The van der Waals surface area contributed by atoms with Crippen LogP contribution >= 0.6 is 24.2 Å². The Labute approximate surface area is 125 Å². The van der Waals surface area contributed by atoms with E-state index >= 15 is 0 Å². The van der Waals surface area contributed by atoms with Gasteiger partial charge in [0, 0.05) is 0 Å². The molecule has 6 N–H and O–H groups in total. The molecule has 0 aliphatic carbocycles. The van der Waals surface area contributed by atoms with E-state index in [1.165, 1.54) is 11.8 Å². The van der Waals surface area contributed by atoms with Crippen LogP contribution in [0.25, 0.3) is 0 Å². The van der Waals surface area contributed by atoms with E-state index < -0.39 is 24.5 Å². The molecule has 0 spiro atoms. The lowest BCUT2D eigenvalue weighted by Crippen LogP contribution is -2.60. The SMILES string of the molecule is CSc1nc(N)c2c(n1)NC1OC[C@@H](O)[C@@H](O)C1N2.Cl. The van der Waals surface area contributed by atoms with Crippen molar-refractivity contribution in [3.63, 3.8) is 0 Å². The van der Waals surface area contributed by atoms with Gasteiger partial charge in [0.05, 0.1) is 12.6 Å². The third-order valence-corrected chi connectivity index (χ3v) is 3.77. The average Bonchev–Trinajstić information content (AvgIpc) is 2.41. The largest absolute Gasteiger partial charge is 0.388 e. The maximum absolute atomic E-state index is 9.97. The lowest BCUT2D eigenvalue weighted by molar-refractivity contribution is -0.121. The fourth-order valence-corrected chi connectivity index (χ4v) is 2.58. The number of anilines is 3. The number of nitrogen functional groups attached to an aromatic ring is 1. The van der Waals surface area contributed by atoms with Crippen molar-refractivity contribution < 1.29 is 14.9 Å². The van der Waals surface area contributed by atoms with Crippen LogP contribution in [0.15, 0.2) is 5.16 Å². The fourth-order valence-electron chi connectivity index (χ4n) is 2.21. The zero-order chi connectivity index (χ0) is 13.6. The maximum Gasteiger partial charge on any atom is 0.191 e. The number of aliphatic hydroxyl groups is 2. The molecule has 0 radical (unpaired) electrons. The summed E-state index contributed by atoms with van der Waals surface area (Å²) in [6, 6.07) is -0.498. The van der Waals surface area contributed by atoms with Crippen molar-refractivity contribution in [3.8, 4) is 0 Å². The zero-order valence-corrected chi connectivity index (χ0v) is 12.2. The van der Waals surface area contributed by atoms with Crippen LogP contribution in [0.1, 0.15) is 0 Å². The number of halogens is 1. The van der Waals surface area contributed by atoms with E-state index in [0.717, 1.165) is 0 Å². The molecule has 0 aromatic carbocycles. The first-order valence-corrected chi connectivity index (χ1v) is 7.05. The predicted molar refractivity (Wildman–Crippen MR) is 78.3 cm³/mol. The molecule has 0 saturated carbocycles. The molecule has 8 nitrogen and oxygen atoms in total. The van der Waals surface area contributed by atoms with Crippen LogP contribution in [0.4, 0.5) is 17.3 Å². The first-order valence-electron chi connectivity index (χ1n) is 5.82. The molecule has 4 atom stereocenters. The van der Waals surface area contributed by atoms with Crippen LogP contribution in [0.2, 0.25) is 0 Å². The Morgan fingerprint density at radius 2 is 2.10 bits per heavy atom. The van der Waals surface area contributed by atoms with Gasteiger partial charge in [-0.1, -0.05) is 11.8 Å². The lowest BCUT2D eigenvalue weighted by atomic mass is 9.99. The highest BCUT2D eigenvalue weighted by atomic mass is 35.5. The number of aromatic nitrogens is 2. The minimum atomic E-state index is -0.945. The second kappa shape index (κ2) is 5.78. The minimum Gasteiger partial charge on any atom is -0.388 e. The number of rotatable bonds is 1. The molecule has 3 heterocycles. The van der Waals surface area contributed by atoms with E-state index in [4.69, 9.17) is 10.5 Å². The van der Waals surface area contributed by atoms with E-state index in [-0.39, 0.29) is 19.0 Å². The number of hydrogen-bond donors (Lipinski definition) is 5. The van der Waals surface area contributed by atoms with Crippen molar-refractivity contribution in [2.45, 2.75) is 29.6 Å². The first-order chi connectivity index (χ1) is 9.10. The molecule has 10 heteroatoms. The molecule has 1 aromatic heterocycles. The summed E-state index contributed by atoms with van der Waals surface area (Å²) in [6.45, 7) is 0.0717. The van der Waals surface area contributed by atoms with E-state index in [1.54, 1.807) is 0 Å². The summed E-state index contributed by atoms with van der Waals surface area (Å²) in [5, 5.41) is 26.2. The van der Waals surface area contributed by atoms with Gasteiger partial charge in [-0.15, -0.1) is 12.4 Å². The second-order valence-electron chi connectivity index (χ2n) is 4.45. The normalized spacial score (nSPS) is 31.1. The standard InChI is InChI=1S/C10H15N5O3S.ClH/c1-19-10-13-7(11)5-8(15-10)14-9-4(12-5)6(17)3(16)2-18-9;/h3-4,6,9,12,16-17H,2H2,1H3,(H3,11,13,14,15);1H/t3-,4?,6-,9?;/m1./s1. The van der Waals surface area contributed by atoms with E-state index in [0.29, 0.717) is 22.5 Å². The minimum absolute atomic E-state index is 0. The van der Waals surface area contributed by atoms with Gasteiger partial charge in [-0.2, -0.15) is 0 Å². The average molecular weight is 322 g/mol. The Morgan fingerprint density at radius 1 is 1.35 bits per heavy atom. The maximum atomic E-state index is 9.97. The van der Waals surface area contributed by atoms with Gasteiger partial charge in [-0.05, 0) is 6.26 Å². The molecule has 1 fully saturated rings. The monoisotopic (exact) mass is 321 g/mol. The van der Waals surface area contributed by atoms with E-state index in [1.807, 2.05) is 6.26 Å². The Balaban J connectivity index is 0.00000147. The highest BCUT2D eigenvalue weighted by Gasteiger charge is 2.42. The van der Waals surface area contributed by atoms with Gasteiger partial charge in [0.15, 0.2) is 23.0 Å². The van der Waals surface area contributed by atoms with Crippen molar-refractivity contribution in [1.29, 1.82) is 0 Å². The Bertz CT molecular complexity index is 508. The highest BCUT2D eigenvalue weighted by molar-refractivity contribution is 7.98. The summed E-state index contributed by atoms with van der Waals surface area (Å²) in [7, 11) is 0. The molecular weight excluding hydrogens is 306 g/mol. The van der Waals surface area contributed by atoms with Crippen molar-refractivity contribution in [2.75, 3.05) is 29.2 Å². The molecule has 2 unspecified atom stereocenters. The third-order valence-electron chi connectivity index (χ3n) is 3.22. The summed E-state index contributed by atoms with van der Waals surface area (Å²) < 4.78 is 5.44. The van der Waals surface area contributed by atoms with Gasteiger partial charge >= 0.3 is 0 Å². The predicted octanol–water partition coefficient (Wildman–Crippen LogP) is -0.513. The summed E-state index contributed by atoms with van der Waals surface area (Å²) in [5.74, 6) is 0.842. The highest BCUT2D eigenvalue weighted by Crippen LogP contribution is 2.35. The van der Waals surface area contributed by atoms with Gasteiger partial charge in [-0.3, -0.25) is 0 Å². The number of ether oxygens (including phenoxy) is 1. The summed E-state index contributed by atoms with van der Waals surface area (Å²) in [5.41, 5.74) is 6.39. The molecule has 1 saturated heterocycles. The molecule has 2 aliphatic rings. The van der Waals surface area contributed by atoms with Crippen molar-refractivity contribution >= 4 is 41.5 Å². The zero-order valence-electron chi connectivity index (χ0n) is 10.6. The number of aliphatic hydroxyl groups excluding tert-OH is 2. The Hall–Kier alpha value is -1.00. The first kappa shape index (κ1) is 15.4. The van der Waals surface area contributed by atoms with Gasteiger partial charge in [-0.25, -0.2) is 9.97 Å². The van der Waals surface area contributed by atoms with Crippen molar-refractivity contribution in [2.24, 2.45) is 0 Å². The van der Waals surface area contributed by atoms with Crippen LogP contribution in [0, 0.1) is 0 Å². The molecule has 1 aromatic rings. The summed E-state index contributed by atoms with van der Waals surface area (Å²) >= 11 is 1.39. The number of fused-ring (bicyclic) bond motifs is 2. The molecule has 112 valence electrons. The molecule has 0 bridgehead atoms. The lowest BCUT2D eigenvalue weighted by Gasteiger charge is -2.42. The van der Waals surface area contributed by atoms with Crippen LogP contribution < -0.4 is 16.4 Å². The van der Waals surface area contributed by atoms with Gasteiger partial charge in [0.2, 0.25) is 0 Å². The number of thioether (sulfide) groups is 1. The Morgan fingerprint density at radius 3 is 2.80 bits per heavy atom. The van der Waals surface area contributed by atoms with Gasteiger partial charge in [0.1, 0.15) is 17.9 Å². The van der Waals surface area contributed by atoms with Crippen molar-refractivity contribution in [1.82, 2.24) is 9.97 Å². The van der Waals surface area contributed by atoms with Crippen molar-refractivity contribution in [3.05, 3.63) is 0 Å². The van der Waals surface area contributed by atoms with Crippen LogP contribution in [-0.4, -0.2) is 57.5 Å². The molecule has 2 aliphatic heterocycles. The number of nitrogens with two attached hydrogens (primary N) is 1. The molecule has 3 rings (SSSR count). The molecule has 20 heavy (non-hydrogen) atoms. The fraction of sp³-hybridized carbons (Fsp3) is 0.600. The number of hydrogen-bond acceptors (Lipinski definition) is 9. The summed E-state index contributed by atoms with van der Waals surface area (Å²) in [4.78, 5) is 8.43. The third kappa shape index (κ3) is 2.47. The number of nitrogens with one attached hydrogen (secondary N) is 2. The summed E-state index contributed by atoms with van der Waals surface area (Å²) in [6.07, 6.45) is -0.476. The van der Waals surface area contributed by atoms with Gasteiger partial charge < -0.3 is 31.3 Å². The second-order valence-corrected chi connectivity index (χ2v) is 5.22. The van der Waals surface area contributed by atoms with Crippen LogP contribution in [-0.2, 0) is 4.74 Å². The van der Waals surface area contributed by atoms with Gasteiger partial charge in [0.25, 0.3) is 0 Å². The smallest absolute Gasteiger partial charge is 0.191 e. The van der Waals surface area contributed by atoms with Crippen LogP contribution in [0.3, 0.4) is 0 Å². The van der Waals surface area contributed by atoms with E-state index in [2.05, 4.69) is 20.6 Å². The Kier molecular flexibility index (Phi) is 4.45. The molecular formula is C10H16ClN5O3S.